The van der Waals surface area contributed by atoms with Gasteiger partial charge < -0.3 is 5.73 Å². The van der Waals surface area contributed by atoms with Crippen molar-refractivity contribution in [2.24, 2.45) is 5.73 Å². The van der Waals surface area contributed by atoms with Crippen molar-refractivity contribution < 1.29 is 0 Å². The molecule has 0 spiro atoms. The number of nitrogens with two attached hydrogens (primary N) is 1. The van der Waals surface area contributed by atoms with Crippen LogP contribution in [0.25, 0.3) is 0 Å². The minimum absolute atomic E-state index is 0.110. The van der Waals surface area contributed by atoms with Gasteiger partial charge in [0.15, 0.2) is 0 Å². The summed E-state index contributed by atoms with van der Waals surface area (Å²) in [5.74, 6) is 0. The Morgan fingerprint density at radius 2 is 2.25 bits per heavy atom. The predicted molar refractivity (Wildman–Crippen MR) is 77.1 cm³/mol. The van der Waals surface area contributed by atoms with Crippen molar-refractivity contribution in [3.63, 3.8) is 0 Å². The van der Waals surface area contributed by atoms with Crippen molar-refractivity contribution in [3.05, 3.63) is 52.3 Å². The van der Waals surface area contributed by atoms with Crippen LogP contribution in [0.5, 0.6) is 0 Å². The van der Waals surface area contributed by atoms with Crippen molar-refractivity contribution in [1.29, 1.82) is 5.26 Å². The molecule has 4 heteroatoms. The number of rotatable bonds is 2. The first kappa shape index (κ1) is 12.9. The minimum Gasteiger partial charge on any atom is -0.324 e. The number of aromatic nitrogens is 2. The highest BCUT2D eigenvalue weighted by Crippen LogP contribution is 2.30. The molecule has 2 N–H and O–H groups in total. The summed E-state index contributed by atoms with van der Waals surface area (Å²) in [6, 6.07) is 10.1. The summed E-state index contributed by atoms with van der Waals surface area (Å²) >= 11 is 0. The van der Waals surface area contributed by atoms with Gasteiger partial charge in [-0.3, -0.25) is 4.68 Å². The molecule has 1 aromatic heterocycles. The molecule has 1 aromatic carbocycles. The zero-order chi connectivity index (χ0) is 14.1. The Morgan fingerprint density at radius 3 is 3.05 bits per heavy atom. The fourth-order valence-corrected chi connectivity index (χ4v) is 3.08. The van der Waals surface area contributed by atoms with E-state index < -0.39 is 0 Å². The van der Waals surface area contributed by atoms with E-state index in [1.165, 1.54) is 11.3 Å². The van der Waals surface area contributed by atoms with Crippen LogP contribution >= 0.6 is 0 Å². The number of hydrogen-bond donors (Lipinski definition) is 1. The van der Waals surface area contributed by atoms with E-state index in [-0.39, 0.29) is 6.04 Å². The second-order valence-electron chi connectivity index (χ2n) is 5.37. The Hall–Kier alpha value is -2.12. The second kappa shape index (κ2) is 5.10. The summed E-state index contributed by atoms with van der Waals surface area (Å²) < 4.78 is 2.03. The number of benzene rings is 1. The van der Waals surface area contributed by atoms with Gasteiger partial charge >= 0.3 is 0 Å². The van der Waals surface area contributed by atoms with Gasteiger partial charge in [0.25, 0.3) is 0 Å². The molecule has 3 rings (SSSR count). The molecule has 20 heavy (non-hydrogen) atoms. The molecule has 1 heterocycles. The average molecular weight is 266 g/mol. The molecule has 1 aliphatic carbocycles. The monoisotopic (exact) mass is 266 g/mol. The number of hydrogen-bond acceptors (Lipinski definition) is 3. The Balaban J connectivity index is 2.00. The van der Waals surface area contributed by atoms with E-state index in [1.807, 2.05) is 35.9 Å². The lowest BCUT2D eigenvalue weighted by Crippen LogP contribution is -2.19. The molecule has 1 aliphatic rings. The Morgan fingerprint density at radius 1 is 1.45 bits per heavy atom. The van der Waals surface area contributed by atoms with Gasteiger partial charge in [-0.25, -0.2) is 0 Å². The van der Waals surface area contributed by atoms with Crippen molar-refractivity contribution in [2.45, 2.75) is 38.8 Å². The Labute approximate surface area is 118 Å². The molecule has 0 saturated carbocycles. The molecule has 0 fully saturated rings. The number of aryl methyl sites for hydroxylation is 1. The lowest BCUT2D eigenvalue weighted by Gasteiger charge is -2.20. The third-order valence-electron chi connectivity index (χ3n) is 4.04. The van der Waals surface area contributed by atoms with Crippen LogP contribution in [0.4, 0.5) is 0 Å². The van der Waals surface area contributed by atoms with Crippen LogP contribution in [0.1, 0.15) is 47.0 Å². The minimum atomic E-state index is 0.110. The lowest BCUT2D eigenvalue weighted by atomic mass is 9.91. The molecule has 4 nitrogen and oxygen atoms in total. The van der Waals surface area contributed by atoms with E-state index in [0.717, 1.165) is 36.1 Å². The van der Waals surface area contributed by atoms with Crippen LogP contribution in [0, 0.1) is 18.3 Å². The molecular weight excluding hydrogens is 248 g/mol. The Kier molecular flexibility index (Phi) is 3.29. The maximum atomic E-state index is 9.18. The maximum absolute atomic E-state index is 9.18. The molecule has 0 aliphatic heterocycles. The van der Waals surface area contributed by atoms with E-state index >= 15 is 0 Å². The van der Waals surface area contributed by atoms with Crippen molar-refractivity contribution in [3.8, 4) is 6.07 Å². The van der Waals surface area contributed by atoms with Gasteiger partial charge in [-0.15, -0.1) is 0 Å². The van der Waals surface area contributed by atoms with Crippen LogP contribution < -0.4 is 5.73 Å². The largest absolute Gasteiger partial charge is 0.324 e. The normalized spacial score (nSPS) is 17.6. The molecule has 2 aromatic rings. The first-order valence-electron chi connectivity index (χ1n) is 7.00. The number of fused-ring (bicyclic) bond motifs is 1. The third-order valence-corrected chi connectivity index (χ3v) is 4.04. The summed E-state index contributed by atoms with van der Waals surface area (Å²) in [4.78, 5) is 0. The summed E-state index contributed by atoms with van der Waals surface area (Å²) in [5.41, 5.74) is 11.4. The van der Waals surface area contributed by atoms with Gasteiger partial charge in [0, 0.05) is 17.3 Å². The molecule has 0 amide bonds. The highest BCUT2D eigenvalue weighted by Gasteiger charge is 2.24. The highest BCUT2D eigenvalue weighted by atomic mass is 15.3. The lowest BCUT2D eigenvalue weighted by molar-refractivity contribution is 0.537. The van der Waals surface area contributed by atoms with Crippen molar-refractivity contribution in [1.82, 2.24) is 9.78 Å². The molecule has 0 radical (unpaired) electrons. The summed E-state index contributed by atoms with van der Waals surface area (Å²) in [7, 11) is 0. The fourth-order valence-electron chi connectivity index (χ4n) is 3.08. The fraction of sp³-hybridized carbons (Fsp3) is 0.375. The van der Waals surface area contributed by atoms with Gasteiger partial charge in [0.1, 0.15) is 0 Å². The third kappa shape index (κ3) is 2.10. The van der Waals surface area contributed by atoms with Crippen LogP contribution in [0.15, 0.2) is 24.3 Å². The zero-order valence-electron chi connectivity index (χ0n) is 11.6. The second-order valence-corrected chi connectivity index (χ2v) is 5.37. The standard InChI is InChI=1S/C16H18N4/c1-11-16-14(18)7-4-8-15(16)20(19-11)10-13-6-3-2-5-12(13)9-17/h2-3,5-6,14H,4,7-8,10,18H2,1H3. The Bertz CT molecular complexity index is 678. The van der Waals surface area contributed by atoms with E-state index in [0.29, 0.717) is 6.54 Å². The molecule has 1 atom stereocenters. The van der Waals surface area contributed by atoms with E-state index in [2.05, 4.69) is 11.2 Å². The van der Waals surface area contributed by atoms with Crippen LogP contribution in [0.2, 0.25) is 0 Å². The van der Waals surface area contributed by atoms with E-state index in [1.54, 1.807) is 0 Å². The van der Waals surface area contributed by atoms with E-state index in [4.69, 9.17) is 5.73 Å². The average Bonchev–Trinajstić information content (AvgIpc) is 2.77. The predicted octanol–water partition coefficient (Wildman–Crippen LogP) is 2.45. The first-order valence-corrected chi connectivity index (χ1v) is 7.00. The van der Waals surface area contributed by atoms with Gasteiger partial charge in [-0.05, 0) is 37.8 Å². The van der Waals surface area contributed by atoms with Crippen LogP contribution in [-0.2, 0) is 13.0 Å². The van der Waals surface area contributed by atoms with Gasteiger partial charge in [-0.2, -0.15) is 10.4 Å². The molecule has 0 bridgehead atoms. The van der Waals surface area contributed by atoms with Gasteiger partial charge in [-0.1, -0.05) is 18.2 Å². The summed E-state index contributed by atoms with van der Waals surface area (Å²) in [5, 5.41) is 13.8. The smallest absolute Gasteiger partial charge is 0.0995 e. The molecule has 0 saturated heterocycles. The number of nitrogens with zero attached hydrogens (tertiary/aromatic N) is 3. The van der Waals surface area contributed by atoms with Crippen LogP contribution in [0.3, 0.4) is 0 Å². The van der Waals surface area contributed by atoms with Gasteiger partial charge in [0.2, 0.25) is 0 Å². The SMILES string of the molecule is Cc1nn(Cc2ccccc2C#N)c2c1C(N)CCC2. The van der Waals surface area contributed by atoms with Crippen molar-refractivity contribution >= 4 is 0 Å². The molecular formula is C16H18N4. The summed E-state index contributed by atoms with van der Waals surface area (Å²) in [6.45, 7) is 2.67. The summed E-state index contributed by atoms with van der Waals surface area (Å²) in [6.07, 6.45) is 3.17. The van der Waals surface area contributed by atoms with Crippen LogP contribution in [-0.4, -0.2) is 9.78 Å². The molecule has 102 valence electrons. The topological polar surface area (TPSA) is 67.6 Å². The van der Waals surface area contributed by atoms with Crippen molar-refractivity contribution in [2.75, 3.05) is 0 Å². The zero-order valence-corrected chi connectivity index (χ0v) is 11.6. The molecule has 1 unspecified atom stereocenters. The number of nitriles is 1. The van der Waals surface area contributed by atoms with Gasteiger partial charge in [0.05, 0.1) is 23.9 Å². The maximum Gasteiger partial charge on any atom is 0.0995 e. The highest BCUT2D eigenvalue weighted by molar-refractivity contribution is 5.38. The van der Waals surface area contributed by atoms with E-state index in [9.17, 15) is 5.26 Å². The quantitative estimate of drug-likeness (QED) is 0.907. The first-order chi connectivity index (χ1) is 9.70.